The zero-order valence-corrected chi connectivity index (χ0v) is 8.11. The van der Waals surface area contributed by atoms with Crippen LogP contribution in [0.15, 0.2) is 10.1 Å². The summed E-state index contributed by atoms with van der Waals surface area (Å²) in [6, 6.07) is 0. The number of aromatic nitrogens is 1. The van der Waals surface area contributed by atoms with Crippen LogP contribution in [-0.2, 0) is 11.2 Å². The van der Waals surface area contributed by atoms with Gasteiger partial charge in [-0.1, -0.05) is 0 Å². The summed E-state index contributed by atoms with van der Waals surface area (Å²) in [4.78, 5) is 15.4. The minimum absolute atomic E-state index is 0.269. The number of hydrogen-bond acceptors (Lipinski definition) is 3. The van der Waals surface area contributed by atoms with E-state index in [9.17, 15) is 4.79 Å². The number of thiazole rings is 1. The monoisotopic (exact) mass is 234 g/mol. The smallest absolute Gasteiger partial charge is 0.217 e. The average molecular weight is 235 g/mol. The maximum atomic E-state index is 10.4. The number of hydrogen-bond donors (Lipinski definition) is 1. The Hall–Kier alpha value is -0.420. The molecule has 1 amide bonds. The van der Waals surface area contributed by atoms with E-state index in [1.165, 1.54) is 11.3 Å². The number of rotatable bonds is 3. The molecule has 3 nitrogen and oxygen atoms in total. The van der Waals surface area contributed by atoms with Crippen molar-refractivity contribution >= 4 is 33.2 Å². The first-order valence-electron chi connectivity index (χ1n) is 3.07. The highest BCUT2D eigenvalue weighted by Crippen LogP contribution is 2.19. The van der Waals surface area contributed by atoms with Crippen LogP contribution in [0.25, 0.3) is 0 Å². The topological polar surface area (TPSA) is 56.0 Å². The fourth-order valence-corrected chi connectivity index (χ4v) is 2.00. The number of aryl methyl sites for hydroxylation is 1. The Labute approximate surface area is 76.8 Å². The lowest BCUT2D eigenvalue weighted by atomic mass is 10.3. The van der Waals surface area contributed by atoms with Crippen LogP contribution in [0.5, 0.6) is 0 Å². The number of nitrogens with zero attached hydrogens (tertiary/aromatic N) is 1. The van der Waals surface area contributed by atoms with E-state index in [1.54, 1.807) is 6.20 Å². The molecule has 60 valence electrons. The molecular formula is C6H7BrN2OS. The molecule has 0 radical (unpaired) electrons. The van der Waals surface area contributed by atoms with E-state index in [2.05, 4.69) is 20.9 Å². The van der Waals surface area contributed by atoms with Gasteiger partial charge in [0.05, 0.1) is 0 Å². The molecule has 1 aromatic rings. The summed E-state index contributed by atoms with van der Waals surface area (Å²) in [5, 5.41) is 0. The average Bonchev–Trinajstić information content (AvgIpc) is 2.31. The first-order chi connectivity index (χ1) is 5.18. The quantitative estimate of drug-likeness (QED) is 0.858. The molecule has 11 heavy (non-hydrogen) atoms. The van der Waals surface area contributed by atoms with Crippen molar-refractivity contribution < 1.29 is 4.79 Å². The Kier molecular flexibility index (Phi) is 3.02. The summed E-state index contributed by atoms with van der Waals surface area (Å²) in [7, 11) is 0. The van der Waals surface area contributed by atoms with E-state index in [4.69, 9.17) is 5.73 Å². The largest absolute Gasteiger partial charge is 0.370 e. The van der Waals surface area contributed by atoms with Gasteiger partial charge in [-0.2, -0.15) is 0 Å². The highest BCUT2D eigenvalue weighted by Gasteiger charge is 2.00. The van der Waals surface area contributed by atoms with Gasteiger partial charge in [0.2, 0.25) is 5.91 Å². The standard InChI is InChI=1S/C6H7BrN2OS/c7-6-9-3-4(11-6)1-2-5(8)10/h3H,1-2H2,(H2,8,10). The molecule has 0 bridgehead atoms. The first-order valence-corrected chi connectivity index (χ1v) is 4.68. The van der Waals surface area contributed by atoms with Crippen LogP contribution >= 0.6 is 27.3 Å². The van der Waals surface area contributed by atoms with Gasteiger partial charge in [-0.15, -0.1) is 11.3 Å². The molecule has 1 rings (SSSR count). The van der Waals surface area contributed by atoms with Crippen LogP contribution in [0.2, 0.25) is 0 Å². The molecule has 0 aliphatic carbocycles. The molecule has 0 saturated heterocycles. The number of halogens is 1. The lowest BCUT2D eigenvalue weighted by molar-refractivity contribution is -0.117. The minimum Gasteiger partial charge on any atom is -0.370 e. The second kappa shape index (κ2) is 3.82. The number of primary amides is 1. The van der Waals surface area contributed by atoms with Gasteiger partial charge in [-0.25, -0.2) is 4.98 Å². The maximum Gasteiger partial charge on any atom is 0.217 e. The van der Waals surface area contributed by atoms with E-state index in [0.717, 1.165) is 8.79 Å². The second-order valence-electron chi connectivity index (χ2n) is 2.05. The Morgan fingerprint density at radius 2 is 2.55 bits per heavy atom. The van der Waals surface area contributed by atoms with Gasteiger partial charge in [-0.05, 0) is 22.4 Å². The van der Waals surface area contributed by atoms with Gasteiger partial charge in [0.25, 0.3) is 0 Å². The molecule has 0 atom stereocenters. The fourth-order valence-electron chi connectivity index (χ4n) is 0.646. The molecule has 1 heterocycles. The van der Waals surface area contributed by atoms with E-state index in [-0.39, 0.29) is 5.91 Å². The summed E-state index contributed by atoms with van der Waals surface area (Å²) < 4.78 is 0.844. The lowest BCUT2D eigenvalue weighted by Gasteiger charge is -1.89. The van der Waals surface area contributed by atoms with Crippen molar-refractivity contribution in [3.05, 3.63) is 15.0 Å². The van der Waals surface area contributed by atoms with Gasteiger partial charge in [0.1, 0.15) is 0 Å². The molecule has 2 N–H and O–H groups in total. The minimum atomic E-state index is -0.269. The van der Waals surface area contributed by atoms with Crippen molar-refractivity contribution in [2.45, 2.75) is 12.8 Å². The highest BCUT2D eigenvalue weighted by atomic mass is 79.9. The van der Waals surface area contributed by atoms with Gasteiger partial charge in [-0.3, -0.25) is 4.79 Å². The van der Waals surface area contributed by atoms with Crippen LogP contribution in [0.1, 0.15) is 11.3 Å². The molecule has 0 spiro atoms. The van der Waals surface area contributed by atoms with Crippen LogP contribution < -0.4 is 5.73 Å². The zero-order valence-electron chi connectivity index (χ0n) is 5.71. The summed E-state index contributed by atoms with van der Waals surface area (Å²) in [6.45, 7) is 0. The lowest BCUT2D eigenvalue weighted by Crippen LogP contribution is -2.10. The molecule has 0 saturated carbocycles. The van der Waals surface area contributed by atoms with Crippen LogP contribution in [0, 0.1) is 0 Å². The molecule has 0 aliphatic heterocycles. The van der Waals surface area contributed by atoms with E-state index >= 15 is 0 Å². The fraction of sp³-hybridized carbons (Fsp3) is 0.333. The van der Waals surface area contributed by atoms with Crippen molar-refractivity contribution in [3.63, 3.8) is 0 Å². The predicted molar refractivity (Wildman–Crippen MR) is 47.3 cm³/mol. The van der Waals surface area contributed by atoms with E-state index in [0.29, 0.717) is 12.8 Å². The molecule has 1 aromatic heterocycles. The van der Waals surface area contributed by atoms with Crippen molar-refractivity contribution in [3.8, 4) is 0 Å². The normalized spacial score (nSPS) is 9.91. The summed E-state index contributed by atoms with van der Waals surface area (Å²) in [5.41, 5.74) is 4.98. The van der Waals surface area contributed by atoms with Crippen molar-refractivity contribution in [1.82, 2.24) is 4.98 Å². The Balaban J connectivity index is 2.45. The van der Waals surface area contributed by atoms with Crippen LogP contribution in [-0.4, -0.2) is 10.9 Å². The number of carbonyl (C=O) groups is 1. The zero-order chi connectivity index (χ0) is 8.27. The summed E-state index contributed by atoms with van der Waals surface area (Å²) in [6.07, 6.45) is 2.84. The maximum absolute atomic E-state index is 10.4. The Bertz CT molecular complexity index is 261. The van der Waals surface area contributed by atoms with Crippen molar-refractivity contribution in [1.29, 1.82) is 0 Å². The number of nitrogens with two attached hydrogens (primary N) is 1. The summed E-state index contributed by atoms with van der Waals surface area (Å²) >= 11 is 4.76. The third kappa shape index (κ3) is 2.98. The van der Waals surface area contributed by atoms with Gasteiger partial charge in [0, 0.05) is 17.5 Å². The first kappa shape index (κ1) is 8.67. The van der Waals surface area contributed by atoms with Gasteiger partial charge >= 0.3 is 0 Å². The Morgan fingerprint density at radius 3 is 3.00 bits per heavy atom. The number of carbonyl (C=O) groups excluding carboxylic acids is 1. The van der Waals surface area contributed by atoms with E-state index in [1.807, 2.05) is 0 Å². The molecule has 0 fully saturated rings. The van der Waals surface area contributed by atoms with Gasteiger partial charge in [0.15, 0.2) is 3.92 Å². The van der Waals surface area contributed by atoms with Crippen molar-refractivity contribution in [2.24, 2.45) is 5.73 Å². The van der Waals surface area contributed by atoms with Gasteiger partial charge < -0.3 is 5.73 Å². The third-order valence-corrected chi connectivity index (χ3v) is 2.68. The van der Waals surface area contributed by atoms with Crippen LogP contribution in [0.4, 0.5) is 0 Å². The molecule has 0 unspecified atom stereocenters. The third-order valence-electron chi connectivity index (χ3n) is 1.14. The second-order valence-corrected chi connectivity index (χ2v) is 4.44. The Morgan fingerprint density at radius 1 is 1.82 bits per heavy atom. The summed E-state index contributed by atoms with van der Waals surface area (Å²) in [5.74, 6) is -0.269. The molecule has 0 aliphatic rings. The molecular weight excluding hydrogens is 228 g/mol. The molecule has 5 heteroatoms. The van der Waals surface area contributed by atoms with Crippen molar-refractivity contribution in [2.75, 3.05) is 0 Å². The predicted octanol–water partition coefficient (Wildman–Crippen LogP) is 1.32. The van der Waals surface area contributed by atoms with E-state index < -0.39 is 0 Å². The highest BCUT2D eigenvalue weighted by molar-refractivity contribution is 9.11. The van der Waals surface area contributed by atoms with Crippen LogP contribution in [0.3, 0.4) is 0 Å². The molecule has 0 aromatic carbocycles. The SMILES string of the molecule is NC(=O)CCc1cnc(Br)s1. The number of amides is 1.